The predicted octanol–water partition coefficient (Wildman–Crippen LogP) is 4.31. The molecule has 2 aromatic rings. The third-order valence-corrected chi connectivity index (χ3v) is 7.15. The first kappa shape index (κ1) is 23.2. The van der Waals surface area contributed by atoms with Crippen LogP contribution in [0, 0.1) is 11.8 Å². The molecule has 0 spiro atoms. The maximum atomic E-state index is 13.4. The smallest absolute Gasteiger partial charge is 0.227 e. The van der Waals surface area contributed by atoms with E-state index in [0.717, 1.165) is 38.0 Å². The van der Waals surface area contributed by atoms with Gasteiger partial charge in [-0.1, -0.05) is 67.6 Å². The Kier molecular flexibility index (Phi) is 7.61. The molecule has 0 unspecified atom stereocenters. The molecule has 1 N–H and O–H groups in total. The number of likely N-dealkylation sites (tertiary alicyclic amines) is 1. The minimum atomic E-state index is -0.404. The number of hydrogen-bond donors (Lipinski definition) is 1. The summed E-state index contributed by atoms with van der Waals surface area (Å²) in [6.07, 6.45) is 3.96. The van der Waals surface area contributed by atoms with E-state index in [2.05, 4.69) is 41.4 Å². The summed E-state index contributed by atoms with van der Waals surface area (Å²) in [5.41, 5.74) is 2.41. The minimum Gasteiger partial charge on any atom is -0.493 e. The molecule has 33 heavy (non-hydrogen) atoms. The van der Waals surface area contributed by atoms with E-state index in [1.54, 1.807) is 6.08 Å². The average molecular weight is 447 g/mol. The fraction of sp³-hybridized carbons (Fsp3) is 0.429. The number of nitrogens with one attached hydrogen (secondary N) is 1. The van der Waals surface area contributed by atoms with Crippen LogP contribution in [0.4, 0.5) is 0 Å². The molecule has 1 aliphatic carbocycles. The molecule has 1 fully saturated rings. The van der Waals surface area contributed by atoms with Crippen LogP contribution >= 0.6 is 0 Å². The monoisotopic (exact) mass is 446 g/mol. The van der Waals surface area contributed by atoms with Gasteiger partial charge in [0.05, 0.1) is 13.0 Å². The number of carbonyl (C=O) groups excluding carboxylic acids is 2. The predicted molar refractivity (Wildman–Crippen MR) is 129 cm³/mol. The molecule has 2 aliphatic rings. The van der Waals surface area contributed by atoms with Gasteiger partial charge in [0, 0.05) is 32.1 Å². The topological polar surface area (TPSA) is 58.6 Å². The maximum Gasteiger partial charge on any atom is 0.227 e. The van der Waals surface area contributed by atoms with Crippen LogP contribution < -0.4 is 5.32 Å². The van der Waals surface area contributed by atoms with Gasteiger partial charge in [0.1, 0.15) is 0 Å². The van der Waals surface area contributed by atoms with E-state index in [9.17, 15) is 9.59 Å². The number of hydrogen-bond acceptors (Lipinski definition) is 4. The molecule has 1 amide bonds. The van der Waals surface area contributed by atoms with Gasteiger partial charge in [-0.3, -0.25) is 14.5 Å². The van der Waals surface area contributed by atoms with E-state index in [0.29, 0.717) is 12.2 Å². The lowest BCUT2D eigenvalue weighted by atomic mass is 9.78. The van der Waals surface area contributed by atoms with Crippen molar-refractivity contribution >= 4 is 11.7 Å². The summed E-state index contributed by atoms with van der Waals surface area (Å²) in [7, 11) is 1.51. The number of Topliss-reactive ketones (excluding diaryl/α,β-unsaturated/α-hetero) is 1. The first-order valence-electron chi connectivity index (χ1n) is 12.0. The molecule has 174 valence electrons. The van der Waals surface area contributed by atoms with Gasteiger partial charge in [-0.2, -0.15) is 0 Å². The second kappa shape index (κ2) is 10.8. The summed E-state index contributed by atoms with van der Waals surface area (Å²) in [4.78, 5) is 28.6. The van der Waals surface area contributed by atoms with Crippen LogP contribution in [0.2, 0.25) is 0 Å². The van der Waals surface area contributed by atoms with Crippen LogP contribution in [0.3, 0.4) is 0 Å². The lowest BCUT2D eigenvalue weighted by molar-refractivity contribution is -0.126. The van der Waals surface area contributed by atoms with Crippen LogP contribution in [-0.2, 0) is 20.9 Å². The number of benzene rings is 2. The highest BCUT2D eigenvalue weighted by molar-refractivity contribution is 5.96. The van der Waals surface area contributed by atoms with E-state index in [-0.39, 0.29) is 29.6 Å². The van der Waals surface area contributed by atoms with E-state index >= 15 is 0 Å². The number of nitrogens with zero attached hydrogens (tertiary/aromatic N) is 1. The van der Waals surface area contributed by atoms with Crippen LogP contribution in [-0.4, -0.2) is 42.8 Å². The Morgan fingerprint density at radius 2 is 1.67 bits per heavy atom. The number of rotatable bonds is 6. The van der Waals surface area contributed by atoms with Gasteiger partial charge in [0.2, 0.25) is 5.91 Å². The first-order chi connectivity index (χ1) is 16.0. The SMILES string of the molecule is COC1=C[C@H](C(=O)NC2CCN(Cc3ccccc3)CC2)[C@H](C)[C@@H](c2ccccc2)CC1=O. The highest BCUT2D eigenvalue weighted by atomic mass is 16.5. The Morgan fingerprint density at radius 3 is 2.30 bits per heavy atom. The maximum absolute atomic E-state index is 13.4. The molecular weight excluding hydrogens is 412 g/mol. The van der Waals surface area contributed by atoms with E-state index in [1.807, 2.05) is 36.4 Å². The number of ketones is 1. The van der Waals surface area contributed by atoms with Crippen LogP contribution in [0.15, 0.2) is 72.5 Å². The average Bonchev–Trinajstić information content (AvgIpc) is 2.97. The summed E-state index contributed by atoms with van der Waals surface area (Å²) in [5, 5.41) is 3.29. The highest BCUT2D eigenvalue weighted by Crippen LogP contribution is 2.38. The summed E-state index contributed by atoms with van der Waals surface area (Å²) >= 11 is 0. The molecule has 0 aromatic heterocycles. The number of amides is 1. The first-order valence-corrected chi connectivity index (χ1v) is 12.0. The molecule has 1 aliphatic heterocycles. The van der Waals surface area contributed by atoms with Gasteiger partial charge in [0.15, 0.2) is 11.5 Å². The summed E-state index contributed by atoms with van der Waals surface area (Å²) < 4.78 is 5.38. The number of allylic oxidation sites excluding steroid dienone is 1. The van der Waals surface area contributed by atoms with Crippen molar-refractivity contribution < 1.29 is 14.3 Å². The largest absolute Gasteiger partial charge is 0.493 e. The van der Waals surface area contributed by atoms with Crippen LogP contribution in [0.5, 0.6) is 0 Å². The Morgan fingerprint density at radius 1 is 1.03 bits per heavy atom. The Hall–Kier alpha value is -2.92. The van der Waals surface area contributed by atoms with Gasteiger partial charge < -0.3 is 10.1 Å². The van der Waals surface area contributed by atoms with Crippen molar-refractivity contribution in [2.45, 2.75) is 44.7 Å². The van der Waals surface area contributed by atoms with Crippen molar-refractivity contribution in [1.29, 1.82) is 0 Å². The number of ether oxygens (including phenoxy) is 1. The van der Waals surface area contributed by atoms with Gasteiger partial charge in [-0.05, 0) is 41.9 Å². The molecule has 5 nitrogen and oxygen atoms in total. The molecule has 2 aromatic carbocycles. The van der Waals surface area contributed by atoms with Crippen molar-refractivity contribution in [3.05, 3.63) is 83.6 Å². The van der Waals surface area contributed by atoms with Crippen molar-refractivity contribution in [3.8, 4) is 0 Å². The molecular formula is C28H34N2O3. The van der Waals surface area contributed by atoms with Crippen LogP contribution in [0.25, 0.3) is 0 Å². The van der Waals surface area contributed by atoms with E-state index < -0.39 is 5.92 Å². The quantitative estimate of drug-likeness (QED) is 0.719. The Bertz CT molecular complexity index is 965. The Labute approximate surface area is 196 Å². The third-order valence-electron chi connectivity index (χ3n) is 7.15. The molecule has 1 saturated heterocycles. The number of methoxy groups -OCH3 is 1. The van der Waals surface area contributed by atoms with Crippen LogP contribution in [0.1, 0.15) is 43.2 Å². The zero-order chi connectivity index (χ0) is 23.2. The zero-order valence-electron chi connectivity index (χ0n) is 19.6. The van der Waals surface area contributed by atoms with Crippen molar-refractivity contribution in [1.82, 2.24) is 10.2 Å². The number of piperidine rings is 1. The zero-order valence-corrected chi connectivity index (χ0v) is 19.6. The lowest BCUT2D eigenvalue weighted by Crippen LogP contribution is -2.47. The van der Waals surface area contributed by atoms with Crippen molar-refractivity contribution in [3.63, 3.8) is 0 Å². The van der Waals surface area contributed by atoms with Gasteiger partial charge >= 0.3 is 0 Å². The third kappa shape index (κ3) is 5.72. The molecule has 0 saturated carbocycles. The second-order valence-electron chi connectivity index (χ2n) is 9.31. The highest BCUT2D eigenvalue weighted by Gasteiger charge is 2.37. The molecule has 1 heterocycles. The van der Waals surface area contributed by atoms with Gasteiger partial charge in [0.25, 0.3) is 0 Å². The number of carbonyl (C=O) groups is 2. The van der Waals surface area contributed by atoms with Gasteiger partial charge in [-0.25, -0.2) is 0 Å². The molecule has 0 bridgehead atoms. The van der Waals surface area contributed by atoms with Gasteiger partial charge in [-0.15, -0.1) is 0 Å². The molecule has 4 rings (SSSR count). The lowest BCUT2D eigenvalue weighted by Gasteiger charge is -2.34. The van der Waals surface area contributed by atoms with E-state index in [1.165, 1.54) is 12.7 Å². The summed E-state index contributed by atoms with van der Waals surface area (Å²) in [5.74, 6) is -0.179. The summed E-state index contributed by atoms with van der Waals surface area (Å²) in [6, 6.07) is 20.7. The normalized spacial score (nSPS) is 24.6. The standard InChI is InChI=1S/C28H34N2O3/c1-20-24(22-11-7-4-8-12-22)17-26(31)27(33-2)18-25(20)28(32)29-23-13-15-30(16-14-23)19-21-9-5-3-6-10-21/h3-12,18,20,23-25H,13-17,19H2,1-2H3,(H,29,32)/t20-,24+,25+/m1/s1. The Balaban J connectivity index is 1.41. The van der Waals surface area contributed by atoms with Crippen molar-refractivity contribution in [2.24, 2.45) is 11.8 Å². The fourth-order valence-corrected chi connectivity index (χ4v) is 5.14. The molecule has 0 radical (unpaired) electrons. The molecule has 3 atom stereocenters. The fourth-order valence-electron chi connectivity index (χ4n) is 5.14. The molecule has 5 heteroatoms. The second-order valence-corrected chi connectivity index (χ2v) is 9.31. The van der Waals surface area contributed by atoms with E-state index in [4.69, 9.17) is 4.74 Å². The van der Waals surface area contributed by atoms with Crippen molar-refractivity contribution in [2.75, 3.05) is 20.2 Å². The summed E-state index contributed by atoms with van der Waals surface area (Å²) in [6.45, 7) is 4.95. The minimum absolute atomic E-state index is 0.00538.